The van der Waals surface area contributed by atoms with Crippen molar-refractivity contribution < 1.29 is 0 Å². The van der Waals surface area contributed by atoms with Gasteiger partial charge in [-0.1, -0.05) is 12.1 Å². The van der Waals surface area contributed by atoms with Crippen LogP contribution in [0.3, 0.4) is 0 Å². The molecule has 0 saturated carbocycles. The standard InChI is InChI=1S/C19H14N6/c20-11-16(14-5-3-8-21-12-14)23-19-18(15-6-4-9-22-13-15)24-17-7-1-2-10-25(17)19/h1-10,12-13,16,23H. The normalized spacial score (nSPS) is 11.8. The Labute approximate surface area is 144 Å². The van der Waals surface area contributed by atoms with Crippen molar-refractivity contribution in [2.24, 2.45) is 0 Å². The van der Waals surface area contributed by atoms with E-state index in [2.05, 4.69) is 21.4 Å². The molecular formula is C19H14N6. The molecule has 0 aromatic carbocycles. The van der Waals surface area contributed by atoms with Crippen molar-refractivity contribution in [3.8, 4) is 17.3 Å². The number of imidazole rings is 1. The Morgan fingerprint density at radius 2 is 1.84 bits per heavy atom. The van der Waals surface area contributed by atoms with Crippen LogP contribution in [0.1, 0.15) is 11.6 Å². The van der Waals surface area contributed by atoms with Gasteiger partial charge in [-0.2, -0.15) is 5.26 Å². The molecule has 0 amide bonds. The number of nitrogens with one attached hydrogen (secondary N) is 1. The summed E-state index contributed by atoms with van der Waals surface area (Å²) >= 11 is 0. The number of nitriles is 1. The van der Waals surface area contributed by atoms with Crippen molar-refractivity contribution in [1.29, 1.82) is 5.26 Å². The number of hydrogen-bond acceptors (Lipinski definition) is 5. The SMILES string of the molecule is N#CC(Nc1c(-c2cccnc2)nc2ccccn12)c1cccnc1. The summed E-state index contributed by atoms with van der Waals surface area (Å²) in [5.74, 6) is 0.749. The van der Waals surface area contributed by atoms with Crippen LogP contribution < -0.4 is 5.32 Å². The zero-order valence-corrected chi connectivity index (χ0v) is 13.2. The molecule has 4 rings (SSSR count). The van der Waals surface area contributed by atoms with Gasteiger partial charge in [0.25, 0.3) is 0 Å². The number of hydrogen-bond donors (Lipinski definition) is 1. The van der Waals surface area contributed by atoms with Gasteiger partial charge in [0.1, 0.15) is 23.2 Å². The average Bonchev–Trinajstić information content (AvgIpc) is 3.06. The maximum atomic E-state index is 9.63. The van der Waals surface area contributed by atoms with Crippen LogP contribution in [0.15, 0.2) is 73.4 Å². The van der Waals surface area contributed by atoms with E-state index in [1.54, 1.807) is 24.8 Å². The third-order valence-electron chi connectivity index (χ3n) is 3.89. The van der Waals surface area contributed by atoms with Crippen LogP contribution >= 0.6 is 0 Å². The number of anilines is 1. The predicted molar refractivity (Wildman–Crippen MR) is 94.6 cm³/mol. The molecule has 0 aliphatic heterocycles. The minimum atomic E-state index is -0.538. The van der Waals surface area contributed by atoms with E-state index in [4.69, 9.17) is 4.98 Å². The summed E-state index contributed by atoms with van der Waals surface area (Å²) in [7, 11) is 0. The number of rotatable bonds is 4. The van der Waals surface area contributed by atoms with Crippen LogP contribution in [-0.4, -0.2) is 19.4 Å². The first kappa shape index (κ1) is 14.8. The van der Waals surface area contributed by atoms with E-state index in [0.29, 0.717) is 0 Å². The molecule has 120 valence electrons. The van der Waals surface area contributed by atoms with Crippen LogP contribution in [0, 0.1) is 11.3 Å². The molecule has 1 unspecified atom stereocenters. The maximum absolute atomic E-state index is 9.63. The maximum Gasteiger partial charge on any atom is 0.142 e. The third-order valence-corrected chi connectivity index (χ3v) is 3.89. The summed E-state index contributed by atoms with van der Waals surface area (Å²) in [5.41, 5.74) is 3.24. The Kier molecular flexibility index (Phi) is 3.81. The van der Waals surface area contributed by atoms with Crippen molar-refractivity contribution in [1.82, 2.24) is 19.4 Å². The van der Waals surface area contributed by atoms with Crippen molar-refractivity contribution >= 4 is 11.5 Å². The number of aromatic nitrogens is 4. The molecule has 25 heavy (non-hydrogen) atoms. The van der Waals surface area contributed by atoms with Crippen molar-refractivity contribution in [2.75, 3.05) is 5.32 Å². The van der Waals surface area contributed by atoms with E-state index >= 15 is 0 Å². The molecule has 4 aromatic heterocycles. The van der Waals surface area contributed by atoms with E-state index in [-0.39, 0.29) is 0 Å². The van der Waals surface area contributed by atoms with E-state index in [0.717, 1.165) is 28.3 Å². The number of nitrogens with zero attached hydrogens (tertiary/aromatic N) is 5. The fourth-order valence-corrected chi connectivity index (χ4v) is 2.71. The van der Waals surface area contributed by atoms with Gasteiger partial charge < -0.3 is 5.32 Å². The van der Waals surface area contributed by atoms with Crippen LogP contribution in [0.25, 0.3) is 16.9 Å². The monoisotopic (exact) mass is 326 g/mol. The largest absolute Gasteiger partial charge is 0.350 e. The fraction of sp³-hybridized carbons (Fsp3) is 0.0526. The zero-order valence-electron chi connectivity index (χ0n) is 13.2. The molecule has 0 saturated heterocycles. The summed E-state index contributed by atoms with van der Waals surface area (Å²) in [5, 5.41) is 12.9. The molecular weight excluding hydrogens is 312 g/mol. The predicted octanol–water partition coefficient (Wildman–Crippen LogP) is 3.47. The second kappa shape index (κ2) is 6.42. The average molecular weight is 326 g/mol. The molecule has 0 aliphatic carbocycles. The van der Waals surface area contributed by atoms with Crippen LogP contribution in [0.2, 0.25) is 0 Å². The molecule has 6 heteroatoms. The molecule has 1 atom stereocenters. The smallest absolute Gasteiger partial charge is 0.142 e. The molecule has 0 aliphatic rings. The van der Waals surface area contributed by atoms with Gasteiger partial charge in [-0.3, -0.25) is 14.4 Å². The van der Waals surface area contributed by atoms with Crippen molar-refractivity contribution in [2.45, 2.75) is 6.04 Å². The highest BCUT2D eigenvalue weighted by atomic mass is 15.1. The lowest BCUT2D eigenvalue weighted by Gasteiger charge is -2.14. The Balaban J connectivity index is 1.84. The van der Waals surface area contributed by atoms with Crippen LogP contribution in [0.4, 0.5) is 5.82 Å². The van der Waals surface area contributed by atoms with Gasteiger partial charge in [0.15, 0.2) is 0 Å². The second-order valence-electron chi connectivity index (χ2n) is 5.47. The van der Waals surface area contributed by atoms with Gasteiger partial charge in [0.05, 0.1) is 6.07 Å². The molecule has 0 bridgehead atoms. The Hall–Kier alpha value is -3.72. The molecule has 0 fully saturated rings. The molecule has 1 N–H and O–H groups in total. The summed E-state index contributed by atoms with van der Waals surface area (Å²) < 4.78 is 1.93. The lowest BCUT2D eigenvalue weighted by Crippen LogP contribution is -2.11. The molecule has 4 heterocycles. The molecule has 0 spiro atoms. The summed E-state index contributed by atoms with van der Waals surface area (Å²) in [4.78, 5) is 13.0. The van der Waals surface area contributed by atoms with E-state index in [1.165, 1.54) is 0 Å². The summed E-state index contributed by atoms with van der Waals surface area (Å²) in [6, 6.07) is 15.1. The first-order valence-electron chi connectivity index (χ1n) is 7.80. The Morgan fingerprint density at radius 1 is 1.00 bits per heavy atom. The highest BCUT2D eigenvalue weighted by Gasteiger charge is 2.18. The van der Waals surface area contributed by atoms with Gasteiger partial charge in [0, 0.05) is 42.1 Å². The van der Waals surface area contributed by atoms with Gasteiger partial charge >= 0.3 is 0 Å². The highest BCUT2D eigenvalue weighted by Crippen LogP contribution is 2.30. The van der Waals surface area contributed by atoms with E-state index < -0.39 is 6.04 Å². The quantitative estimate of drug-likeness (QED) is 0.621. The molecule has 4 aromatic rings. The van der Waals surface area contributed by atoms with Gasteiger partial charge in [-0.25, -0.2) is 4.98 Å². The highest BCUT2D eigenvalue weighted by molar-refractivity contribution is 5.76. The van der Waals surface area contributed by atoms with Crippen molar-refractivity contribution in [3.63, 3.8) is 0 Å². The van der Waals surface area contributed by atoms with E-state index in [9.17, 15) is 5.26 Å². The fourth-order valence-electron chi connectivity index (χ4n) is 2.71. The van der Waals surface area contributed by atoms with Gasteiger partial charge in [-0.05, 0) is 30.3 Å². The number of fused-ring (bicyclic) bond motifs is 1. The topological polar surface area (TPSA) is 78.9 Å². The van der Waals surface area contributed by atoms with Gasteiger partial charge in [0.2, 0.25) is 0 Å². The van der Waals surface area contributed by atoms with Gasteiger partial charge in [-0.15, -0.1) is 0 Å². The minimum absolute atomic E-state index is 0.538. The van der Waals surface area contributed by atoms with Crippen LogP contribution in [0.5, 0.6) is 0 Å². The Bertz CT molecular complexity index is 1030. The zero-order chi connectivity index (χ0) is 17.1. The summed E-state index contributed by atoms with van der Waals surface area (Å²) in [6.45, 7) is 0. The van der Waals surface area contributed by atoms with Crippen molar-refractivity contribution in [3.05, 3.63) is 79.0 Å². The first-order chi connectivity index (χ1) is 12.4. The lowest BCUT2D eigenvalue weighted by molar-refractivity contribution is 0.960. The lowest BCUT2D eigenvalue weighted by atomic mass is 10.1. The Morgan fingerprint density at radius 3 is 2.56 bits per heavy atom. The minimum Gasteiger partial charge on any atom is -0.350 e. The first-order valence-corrected chi connectivity index (χ1v) is 7.80. The molecule has 0 radical (unpaired) electrons. The molecule has 6 nitrogen and oxygen atoms in total. The summed E-state index contributed by atoms with van der Waals surface area (Å²) in [6.07, 6.45) is 8.78. The van der Waals surface area contributed by atoms with E-state index in [1.807, 2.05) is 53.1 Å². The second-order valence-corrected chi connectivity index (χ2v) is 5.47. The third kappa shape index (κ3) is 2.79. The number of pyridine rings is 3. The van der Waals surface area contributed by atoms with Crippen LogP contribution in [-0.2, 0) is 0 Å².